The first-order valence-electron chi connectivity index (χ1n) is 4.97. The summed E-state index contributed by atoms with van der Waals surface area (Å²) in [6.07, 6.45) is 0. The van der Waals surface area contributed by atoms with Crippen molar-refractivity contribution in [3.8, 4) is 11.5 Å². The van der Waals surface area contributed by atoms with E-state index in [1.807, 2.05) is 24.3 Å². The van der Waals surface area contributed by atoms with Gasteiger partial charge in [-0.05, 0) is 42.0 Å². The Hall–Kier alpha value is -0.700. The number of rotatable bonds is 3. The lowest BCUT2D eigenvalue weighted by atomic mass is 10.2. The molecule has 4 heteroatoms. The molecule has 1 nitrogen and oxygen atoms in total. The number of hydrogen-bond donors (Lipinski definition) is 0. The minimum Gasteiger partial charge on any atom is -0.457 e. The van der Waals surface area contributed by atoms with E-state index < -0.39 is 0 Å². The Balaban J connectivity index is 2.19. The summed E-state index contributed by atoms with van der Waals surface area (Å²) >= 11 is 15.3. The summed E-state index contributed by atoms with van der Waals surface area (Å²) in [5, 5.41) is 2.10. The molecule has 0 amide bonds. The highest BCUT2D eigenvalue weighted by Gasteiger charge is 2.02. The first-order chi connectivity index (χ1) is 8.19. The average molecular weight is 332 g/mol. The van der Waals surface area contributed by atoms with Gasteiger partial charge in [0.05, 0.1) is 0 Å². The van der Waals surface area contributed by atoms with Crippen molar-refractivity contribution in [2.45, 2.75) is 5.33 Å². The summed E-state index contributed by atoms with van der Waals surface area (Å²) in [4.78, 5) is 0. The zero-order valence-corrected chi connectivity index (χ0v) is 11.9. The molecule has 0 atom stereocenters. The summed E-state index contributed by atoms with van der Waals surface area (Å²) in [7, 11) is 0. The first kappa shape index (κ1) is 12.7. The third-order valence-electron chi connectivity index (χ3n) is 2.22. The molecule has 0 saturated heterocycles. The summed E-state index contributed by atoms with van der Waals surface area (Å²) in [5.74, 6) is 1.44. The molecular weight excluding hydrogens is 323 g/mol. The van der Waals surface area contributed by atoms with Gasteiger partial charge in [0.1, 0.15) is 11.5 Å². The Morgan fingerprint density at radius 2 is 1.59 bits per heavy atom. The van der Waals surface area contributed by atoms with Crippen LogP contribution in [0.1, 0.15) is 5.56 Å². The second-order valence-corrected chi connectivity index (χ2v) is 4.85. The van der Waals surface area contributed by atoms with Gasteiger partial charge in [0.15, 0.2) is 0 Å². The van der Waals surface area contributed by atoms with Gasteiger partial charge in [0.25, 0.3) is 0 Å². The predicted octanol–water partition coefficient (Wildman–Crippen LogP) is 5.68. The lowest BCUT2D eigenvalue weighted by molar-refractivity contribution is 0.482. The second-order valence-electron chi connectivity index (χ2n) is 3.44. The van der Waals surface area contributed by atoms with Gasteiger partial charge in [-0.1, -0.05) is 45.2 Å². The van der Waals surface area contributed by atoms with E-state index in [0.717, 1.165) is 16.6 Å². The van der Waals surface area contributed by atoms with Crippen molar-refractivity contribution in [2.75, 3.05) is 0 Å². The van der Waals surface area contributed by atoms with E-state index in [4.69, 9.17) is 27.9 Å². The third-order valence-corrected chi connectivity index (χ3v) is 3.43. The largest absolute Gasteiger partial charge is 0.457 e. The smallest absolute Gasteiger partial charge is 0.128 e. The van der Waals surface area contributed by atoms with Crippen LogP contribution in [0, 0.1) is 0 Å². The Morgan fingerprint density at radius 1 is 0.941 bits per heavy atom. The Morgan fingerprint density at radius 3 is 2.18 bits per heavy atom. The van der Waals surface area contributed by atoms with Crippen LogP contribution in [0.2, 0.25) is 10.0 Å². The zero-order chi connectivity index (χ0) is 12.3. The van der Waals surface area contributed by atoms with Crippen molar-refractivity contribution in [1.82, 2.24) is 0 Å². The predicted molar refractivity (Wildman–Crippen MR) is 75.6 cm³/mol. The molecule has 0 bridgehead atoms. The third kappa shape index (κ3) is 3.38. The SMILES string of the molecule is Clc1ccc(Oc2ccc(CBr)c(Cl)c2)cc1. The van der Waals surface area contributed by atoms with Crippen LogP contribution in [-0.4, -0.2) is 0 Å². The van der Waals surface area contributed by atoms with Crippen LogP contribution in [0.25, 0.3) is 0 Å². The summed E-state index contributed by atoms with van der Waals surface area (Å²) < 4.78 is 5.66. The van der Waals surface area contributed by atoms with Crippen LogP contribution in [0.15, 0.2) is 42.5 Å². The molecule has 0 fully saturated rings. The molecule has 17 heavy (non-hydrogen) atoms. The van der Waals surface area contributed by atoms with Crippen molar-refractivity contribution in [3.63, 3.8) is 0 Å². The molecule has 0 aliphatic rings. The number of benzene rings is 2. The van der Waals surface area contributed by atoms with Crippen molar-refractivity contribution in [2.24, 2.45) is 0 Å². The molecule has 0 saturated carbocycles. The molecule has 88 valence electrons. The Kier molecular flexibility index (Phi) is 4.32. The van der Waals surface area contributed by atoms with Crippen LogP contribution in [-0.2, 0) is 5.33 Å². The molecule has 0 heterocycles. The van der Waals surface area contributed by atoms with Crippen LogP contribution >= 0.6 is 39.1 Å². The van der Waals surface area contributed by atoms with Gasteiger partial charge in [0.2, 0.25) is 0 Å². The summed E-state index contributed by atoms with van der Waals surface area (Å²) in [6, 6.07) is 12.8. The van der Waals surface area contributed by atoms with Gasteiger partial charge in [-0.15, -0.1) is 0 Å². The number of alkyl halides is 1. The maximum Gasteiger partial charge on any atom is 0.128 e. The van der Waals surface area contributed by atoms with E-state index in [1.54, 1.807) is 18.2 Å². The van der Waals surface area contributed by atoms with Gasteiger partial charge in [-0.3, -0.25) is 0 Å². The van der Waals surface area contributed by atoms with E-state index in [-0.39, 0.29) is 0 Å². The molecule has 0 aliphatic carbocycles. The number of ether oxygens (including phenoxy) is 1. The average Bonchev–Trinajstić information content (AvgIpc) is 2.32. The minimum atomic E-state index is 0.685. The maximum atomic E-state index is 6.09. The van der Waals surface area contributed by atoms with E-state index in [9.17, 15) is 0 Å². The minimum absolute atomic E-state index is 0.685. The fraction of sp³-hybridized carbons (Fsp3) is 0.0769. The van der Waals surface area contributed by atoms with Crippen LogP contribution in [0.4, 0.5) is 0 Å². The summed E-state index contributed by atoms with van der Waals surface area (Å²) in [5.41, 5.74) is 1.04. The highest BCUT2D eigenvalue weighted by molar-refractivity contribution is 9.08. The number of halogens is 3. The highest BCUT2D eigenvalue weighted by Crippen LogP contribution is 2.28. The quantitative estimate of drug-likeness (QED) is 0.657. The van der Waals surface area contributed by atoms with E-state index in [0.29, 0.717) is 15.8 Å². The maximum absolute atomic E-state index is 6.09. The van der Waals surface area contributed by atoms with Gasteiger partial charge < -0.3 is 4.74 Å². The molecular formula is C13H9BrCl2O. The summed E-state index contributed by atoms with van der Waals surface area (Å²) in [6.45, 7) is 0. The van der Waals surface area contributed by atoms with Crippen LogP contribution in [0.5, 0.6) is 11.5 Å². The molecule has 0 unspecified atom stereocenters. The lowest BCUT2D eigenvalue weighted by Crippen LogP contribution is -1.86. The van der Waals surface area contributed by atoms with Gasteiger partial charge in [-0.2, -0.15) is 0 Å². The van der Waals surface area contributed by atoms with Crippen LogP contribution in [0.3, 0.4) is 0 Å². The van der Waals surface area contributed by atoms with Crippen molar-refractivity contribution in [1.29, 1.82) is 0 Å². The zero-order valence-electron chi connectivity index (χ0n) is 8.79. The first-order valence-corrected chi connectivity index (χ1v) is 6.84. The second kappa shape index (κ2) is 5.76. The molecule has 2 aromatic carbocycles. The molecule has 2 rings (SSSR count). The molecule has 2 aromatic rings. The molecule has 0 aliphatic heterocycles. The molecule has 0 aromatic heterocycles. The fourth-order valence-corrected chi connectivity index (χ4v) is 2.35. The van der Waals surface area contributed by atoms with Gasteiger partial charge >= 0.3 is 0 Å². The van der Waals surface area contributed by atoms with E-state index >= 15 is 0 Å². The van der Waals surface area contributed by atoms with Gasteiger partial charge in [-0.25, -0.2) is 0 Å². The monoisotopic (exact) mass is 330 g/mol. The highest BCUT2D eigenvalue weighted by atomic mass is 79.9. The fourth-order valence-electron chi connectivity index (χ4n) is 1.34. The molecule has 0 spiro atoms. The Bertz CT molecular complexity index is 511. The number of hydrogen-bond acceptors (Lipinski definition) is 1. The van der Waals surface area contributed by atoms with E-state index in [2.05, 4.69) is 15.9 Å². The standard InChI is InChI=1S/C13H9BrCl2O/c14-8-9-1-4-12(7-13(9)16)17-11-5-2-10(15)3-6-11/h1-7H,8H2. The van der Waals surface area contributed by atoms with E-state index in [1.165, 1.54) is 0 Å². The van der Waals surface area contributed by atoms with Crippen molar-refractivity contribution < 1.29 is 4.74 Å². The van der Waals surface area contributed by atoms with Crippen molar-refractivity contribution in [3.05, 3.63) is 58.1 Å². The topological polar surface area (TPSA) is 9.23 Å². The molecule has 0 radical (unpaired) electrons. The molecule has 0 N–H and O–H groups in total. The van der Waals surface area contributed by atoms with Crippen LogP contribution < -0.4 is 4.74 Å². The van der Waals surface area contributed by atoms with Crippen molar-refractivity contribution >= 4 is 39.1 Å². The normalized spacial score (nSPS) is 10.3. The van der Waals surface area contributed by atoms with Gasteiger partial charge in [0, 0.05) is 15.4 Å². The Labute approximate surface area is 118 Å². The lowest BCUT2D eigenvalue weighted by Gasteiger charge is -2.07.